The van der Waals surface area contributed by atoms with Gasteiger partial charge in [0.05, 0.1) is 5.56 Å². The topological polar surface area (TPSA) is 60.9 Å². The molecule has 1 aromatic rings. The number of carbonyl (C=O) groups is 2. The molecule has 0 bridgehead atoms. The molecule has 0 radical (unpaired) electrons. The molecule has 0 unspecified atom stereocenters. The van der Waals surface area contributed by atoms with Crippen molar-refractivity contribution in [2.45, 2.75) is 0 Å². The van der Waals surface area contributed by atoms with Crippen molar-refractivity contribution in [2.75, 3.05) is 33.2 Å². The van der Waals surface area contributed by atoms with Gasteiger partial charge in [0, 0.05) is 38.2 Å². The van der Waals surface area contributed by atoms with Crippen LogP contribution in [0.15, 0.2) is 18.2 Å². The van der Waals surface area contributed by atoms with Gasteiger partial charge >= 0.3 is 5.97 Å². The van der Waals surface area contributed by atoms with Gasteiger partial charge in [0.1, 0.15) is 17.0 Å². The molecule has 0 aromatic heterocycles. The van der Waals surface area contributed by atoms with Crippen LogP contribution in [0.5, 0.6) is 0 Å². The minimum Gasteiger partial charge on any atom is -0.481 e. The first-order valence-corrected chi connectivity index (χ1v) is 7.00. The van der Waals surface area contributed by atoms with Crippen LogP contribution in [-0.2, 0) is 4.79 Å². The van der Waals surface area contributed by atoms with Gasteiger partial charge in [0.2, 0.25) is 0 Å². The number of carbonyl (C=O) groups excluding carboxylic acids is 1. The van der Waals surface area contributed by atoms with Crippen LogP contribution in [-0.4, -0.2) is 60.0 Å². The van der Waals surface area contributed by atoms with E-state index in [9.17, 15) is 23.5 Å². The van der Waals surface area contributed by atoms with Gasteiger partial charge in [-0.1, -0.05) is 0 Å². The van der Waals surface area contributed by atoms with Crippen molar-refractivity contribution in [3.05, 3.63) is 35.4 Å². The van der Waals surface area contributed by atoms with E-state index in [1.807, 2.05) is 11.9 Å². The summed E-state index contributed by atoms with van der Waals surface area (Å²) >= 11 is 0. The van der Waals surface area contributed by atoms with E-state index >= 15 is 0 Å². The van der Waals surface area contributed by atoms with Crippen molar-refractivity contribution < 1.29 is 23.5 Å². The van der Waals surface area contributed by atoms with Crippen LogP contribution < -0.4 is 0 Å². The number of hydrogen-bond donors (Lipinski definition) is 1. The van der Waals surface area contributed by atoms with E-state index in [1.165, 1.54) is 4.90 Å². The zero-order valence-electron chi connectivity index (χ0n) is 12.1. The molecular formula is C15H16F2N2O3. The number of hydrogen-bond acceptors (Lipinski definition) is 3. The van der Waals surface area contributed by atoms with E-state index in [0.29, 0.717) is 19.2 Å². The normalized spacial score (nSPS) is 28.0. The van der Waals surface area contributed by atoms with Crippen molar-refractivity contribution in [2.24, 2.45) is 11.3 Å². The first kappa shape index (κ1) is 14.9. The maximum absolute atomic E-state index is 13.7. The van der Waals surface area contributed by atoms with Gasteiger partial charge in [0.15, 0.2) is 0 Å². The lowest BCUT2D eigenvalue weighted by molar-refractivity contribution is -0.148. The summed E-state index contributed by atoms with van der Waals surface area (Å²) in [6.07, 6.45) is 0. The maximum atomic E-state index is 13.7. The lowest BCUT2D eigenvalue weighted by Crippen LogP contribution is -2.41. The van der Waals surface area contributed by atoms with Crippen LogP contribution in [0.25, 0.3) is 0 Å². The van der Waals surface area contributed by atoms with Gasteiger partial charge in [-0.2, -0.15) is 0 Å². The number of nitrogens with zero attached hydrogens (tertiary/aromatic N) is 2. The third-order valence-electron chi connectivity index (χ3n) is 4.65. The lowest BCUT2D eigenvalue weighted by Gasteiger charge is -2.24. The van der Waals surface area contributed by atoms with Crippen LogP contribution in [0.1, 0.15) is 10.4 Å². The molecule has 0 saturated carbocycles. The number of carboxylic acids is 1. The van der Waals surface area contributed by atoms with E-state index in [0.717, 1.165) is 12.1 Å². The number of carboxylic acid groups (broad SMARTS) is 1. The quantitative estimate of drug-likeness (QED) is 0.887. The molecule has 1 N–H and O–H groups in total. The third kappa shape index (κ3) is 2.16. The van der Waals surface area contributed by atoms with Crippen molar-refractivity contribution >= 4 is 11.9 Å². The van der Waals surface area contributed by atoms with Crippen LogP contribution >= 0.6 is 0 Å². The number of aliphatic carboxylic acids is 1. The van der Waals surface area contributed by atoms with Gasteiger partial charge in [0.25, 0.3) is 5.91 Å². The fraction of sp³-hybridized carbons (Fsp3) is 0.467. The first-order valence-electron chi connectivity index (χ1n) is 7.00. The van der Waals surface area contributed by atoms with E-state index in [2.05, 4.69) is 0 Å². The molecule has 1 aromatic carbocycles. The predicted molar refractivity (Wildman–Crippen MR) is 73.3 cm³/mol. The van der Waals surface area contributed by atoms with Crippen LogP contribution in [0.3, 0.4) is 0 Å². The van der Waals surface area contributed by atoms with Gasteiger partial charge in [-0.3, -0.25) is 9.59 Å². The third-order valence-corrected chi connectivity index (χ3v) is 4.65. The molecule has 3 rings (SSSR count). The molecule has 0 spiro atoms. The minimum absolute atomic E-state index is 0.0486. The standard InChI is InChI=1S/C15H16F2N2O3/c1-18-5-9-6-19(8-15(9,7-18)14(21)22)13(20)11-3-2-10(16)4-12(11)17/h2-4,9H,5-8H2,1H3,(H,21,22)/t9-,15-/m0/s1. The largest absolute Gasteiger partial charge is 0.481 e. The Morgan fingerprint density at radius 3 is 2.59 bits per heavy atom. The molecule has 2 saturated heterocycles. The zero-order valence-corrected chi connectivity index (χ0v) is 12.1. The minimum atomic E-state index is -0.999. The zero-order chi connectivity index (χ0) is 16.1. The molecule has 2 fully saturated rings. The summed E-state index contributed by atoms with van der Waals surface area (Å²) in [5.74, 6) is -3.38. The highest BCUT2D eigenvalue weighted by molar-refractivity contribution is 5.95. The number of amides is 1. The summed E-state index contributed by atoms with van der Waals surface area (Å²) in [4.78, 5) is 27.4. The number of fused-ring (bicyclic) bond motifs is 1. The smallest absolute Gasteiger partial charge is 0.313 e. The molecule has 2 atom stereocenters. The molecular weight excluding hydrogens is 294 g/mol. The molecule has 2 aliphatic heterocycles. The summed E-state index contributed by atoms with van der Waals surface area (Å²) in [7, 11) is 1.84. The summed E-state index contributed by atoms with van der Waals surface area (Å²) in [6, 6.07) is 2.78. The number of rotatable bonds is 2. The Morgan fingerprint density at radius 1 is 1.27 bits per heavy atom. The highest BCUT2D eigenvalue weighted by Crippen LogP contribution is 2.42. The van der Waals surface area contributed by atoms with E-state index < -0.39 is 28.9 Å². The number of halogens is 2. The van der Waals surface area contributed by atoms with Gasteiger partial charge < -0.3 is 14.9 Å². The Bertz CT molecular complexity index is 652. The monoisotopic (exact) mass is 310 g/mol. The number of benzene rings is 1. The average Bonchev–Trinajstić information content (AvgIpc) is 2.91. The Labute approximate surface area is 126 Å². The SMILES string of the molecule is CN1C[C@H]2CN(C(=O)c3ccc(F)cc3F)C[C@@]2(C(=O)O)C1. The summed E-state index contributed by atoms with van der Waals surface area (Å²) < 4.78 is 26.7. The van der Waals surface area contributed by atoms with Crippen LogP contribution in [0.2, 0.25) is 0 Å². The highest BCUT2D eigenvalue weighted by atomic mass is 19.1. The van der Waals surface area contributed by atoms with Crippen molar-refractivity contribution in [3.8, 4) is 0 Å². The second kappa shape index (κ2) is 5.01. The molecule has 5 nitrogen and oxygen atoms in total. The first-order chi connectivity index (χ1) is 10.3. The van der Waals surface area contributed by atoms with Crippen molar-refractivity contribution in [1.29, 1.82) is 0 Å². The Kier molecular flexibility index (Phi) is 3.40. The van der Waals surface area contributed by atoms with E-state index in [1.54, 1.807) is 0 Å². The van der Waals surface area contributed by atoms with Crippen LogP contribution in [0, 0.1) is 23.0 Å². The summed E-state index contributed by atoms with van der Waals surface area (Å²) in [5.41, 5.74) is -1.23. The Balaban J connectivity index is 1.86. The highest BCUT2D eigenvalue weighted by Gasteiger charge is 2.57. The van der Waals surface area contributed by atoms with Crippen LogP contribution in [0.4, 0.5) is 8.78 Å². The lowest BCUT2D eigenvalue weighted by atomic mass is 9.81. The molecule has 7 heteroatoms. The van der Waals surface area contributed by atoms with Gasteiger partial charge in [-0.15, -0.1) is 0 Å². The second-order valence-corrected chi connectivity index (χ2v) is 6.16. The molecule has 1 amide bonds. The summed E-state index contributed by atoms with van der Waals surface area (Å²) in [6.45, 7) is 1.27. The fourth-order valence-corrected chi connectivity index (χ4v) is 3.61. The van der Waals surface area contributed by atoms with Crippen molar-refractivity contribution in [3.63, 3.8) is 0 Å². The number of likely N-dealkylation sites (tertiary alicyclic amines) is 2. The molecule has 2 heterocycles. The fourth-order valence-electron chi connectivity index (χ4n) is 3.61. The van der Waals surface area contributed by atoms with Gasteiger partial charge in [-0.05, 0) is 19.2 Å². The molecule has 0 aliphatic carbocycles. The van der Waals surface area contributed by atoms with Gasteiger partial charge in [-0.25, -0.2) is 8.78 Å². The van der Waals surface area contributed by atoms with E-state index in [4.69, 9.17) is 0 Å². The molecule has 118 valence electrons. The molecule has 2 aliphatic rings. The summed E-state index contributed by atoms with van der Waals surface area (Å²) in [5, 5.41) is 9.56. The Morgan fingerprint density at radius 2 is 2.00 bits per heavy atom. The maximum Gasteiger partial charge on any atom is 0.313 e. The average molecular weight is 310 g/mol. The second-order valence-electron chi connectivity index (χ2n) is 6.16. The Hall–Kier alpha value is -2.02. The van der Waals surface area contributed by atoms with E-state index in [-0.39, 0.29) is 24.6 Å². The predicted octanol–water partition coefficient (Wildman–Crippen LogP) is 1.05. The van der Waals surface area contributed by atoms with Crippen molar-refractivity contribution in [1.82, 2.24) is 9.80 Å². The molecule has 22 heavy (non-hydrogen) atoms.